The number of amides is 1. The largest absolute Gasteiger partial charge is 0.508 e. The van der Waals surface area contributed by atoms with Gasteiger partial charge in [0.05, 0.1) is 0 Å². The first-order chi connectivity index (χ1) is 11.1. The van der Waals surface area contributed by atoms with E-state index in [1.165, 1.54) is 44.2 Å². The molecule has 0 aromatic heterocycles. The number of aromatic hydroxyl groups is 2. The summed E-state index contributed by atoms with van der Waals surface area (Å²) in [6.07, 6.45) is 6.81. The Labute approximate surface area is 137 Å². The summed E-state index contributed by atoms with van der Waals surface area (Å²) in [7, 11) is 0. The van der Waals surface area contributed by atoms with E-state index in [0.717, 1.165) is 6.54 Å². The zero-order chi connectivity index (χ0) is 16.7. The van der Waals surface area contributed by atoms with Crippen LogP contribution < -0.4 is 5.32 Å². The highest BCUT2D eigenvalue weighted by Gasteiger charge is 2.18. The van der Waals surface area contributed by atoms with Gasteiger partial charge in [-0.2, -0.15) is 0 Å². The van der Waals surface area contributed by atoms with Crippen LogP contribution in [0.5, 0.6) is 11.5 Å². The lowest BCUT2D eigenvalue weighted by Crippen LogP contribution is -2.32. The van der Waals surface area contributed by atoms with Gasteiger partial charge in [0.15, 0.2) is 0 Å². The standard InChI is InChI=1S/C18H27NO4/c20-12-14(8-15-6-7-16(21)10-17(15)22)9-18(23)19-11-13-4-2-1-3-5-13/h6-7,10,13-14,20-22H,1-5,8-9,11-12H2,(H,19,23). The number of carbonyl (C=O) groups is 1. The minimum atomic E-state index is -0.239. The van der Waals surface area contributed by atoms with E-state index in [1.807, 2.05) is 0 Å². The molecule has 1 aromatic carbocycles. The average Bonchev–Trinajstić information content (AvgIpc) is 2.55. The number of aliphatic hydroxyl groups excluding tert-OH is 1. The number of hydrogen-bond acceptors (Lipinski definition) is 4. The minimum absolute atomic E-state index is 0.00276. The molecule has 2 rings (SSSR count). The molecular weight excluding hydrogens is 294 g/mol. The van der Waals surface area contributed by atoms with Crippen molar-refractivity contribution in [3.8, 4) is 11.5 Å². The van der Waals surface area contributed by atoms with E-state index in [2.05, 4.69) is 5.32 Å². The Hall–Kier alpha value is -1.75. The Balaban J connectivity index is 1.79. The number of nitrogens with one attached hydrogen (secondary N) is 1. The lowest BCUT2D eigenvalue weighted by atomic mass is 9.89. The highest BCUT2D eigenvalue weighted by atomic mass is 16.3. The molecule has 5 nitrogen and oxygen atoms in total. The van der Waals surface area contributed by atoms with Crippen LogP contribution >= 0.6 is 0 Å². The van der Waals surface area contributed by atoms with Crippen molar-refractivity contribution >= 4 is 5.91 Å². The summed E-state index contributed by atoms with van der Waals surface area (Å²) in [6.45, 7) is 0.610. The molecule has 0 spiro atoms. The number of carbonyl (C=O) groups excluding carboxylic acids is 1. The van der Waals surface area contributed by atoms with Crippen molar-refractivity contribution in [2.45, 2.75) is 44.9 Å². The summed E-state index contributed by atoms with van der Waals surface area (Å²) in [6, 6.07) is 4.38. The highest BCUT2D eigenvalue weighted by molar-refractivity contribution is 5.76. The van der Waals surface area contributed by atoms with E-state index >= 15 is 0 Å². The maximum Gasteiger partial charge on any atom is 0.220 e. The third kappa shape index (κ3) is 5.75. The van der Waals surface area contributed by atoms with E-state index in [-0.39, 0.29) is 36.4 Å². The van der Waals surface area contributed by atoms with Gasteiger partial charge in [0.1, 0.15) is 11.5 Å². The molecule has 128 valence electrons. The van der Waals surface area contributed by atoms with Crippen molar-refractivity contribution < 1.29 is 20.1 Å². The van der Waals surface area contributed by atoms with Crippen LogP contribution in [0.25, 0.3) is 0 Å². The molecule has 4 N–H and O–H groups in total. The van der Waals surface area contributed by atoms with Crippen molar-refractivity contribution in [3.63, 3.8) is 0 Å². The van der Waals surface area contributed by atoms with Crippen molar-refractivity contribution in [1.82, 2.24) is 5.32 Å². The van der Waals surface area contributed by atoms with Gasteiger partial charge in [-0.1, -0.05) is 25.3 Å². The van der Waals surface area contributed by atoms with Crippen LogP contribution in [0.15, 0.2) is 18.2 Å². The van der Waals surface area contributed by atoms with Gasteiger partial charge in [0, 0.05) is 25.6 Å². The molecule has 1 aliphatic rings. The van der Waals surface area contributed by atoms with Crippen molar-refractivity contribution in [2.75, 3.05) is 13.2 Å². The first-order valence-corrected chi connectivity index (χ1v) is 8.47. The molecule has 1 saturated carbocycles. The van der Waals surface area contributed by atoms with E-state index in [1.54, 1.807) is 6.07 Å². The lowest BCUT2D eigenvalue weighted by molar-refractivity contribution is -0.122. The summed E-state index contributed by atoms with van der Waals surface area (Å²) in [4.78, 5) is 12.1. The smallest absolute Gasteiger partial charge is 0.220 e. The van der Waals surface area contributed by atoms with E-state index in [0.29, 0.717) is 17.9 Å². The van der Waals surface area contributed by atoms with Gasteiger partial charge in [0.2, 0.25) is 5.91 Å². The second kappa shape index (κ2) is 8.77. The predicted octanol–water partition coefficient (Wildman–Crippen LogP) is 2.34. The molecular formula is C18H27NO4. The number of hydrogen-bond donors (Lipinski definition) is 4. The SMILES string of the molecule is O=C(CC(CO)Cc1ccc(O)cc1O)NCC1CCCCC1. The maximum atomic E-state index is 12.1. The number of aliphatic hydroxyl groups is 1. The van der Waals surface area contributed by atoms with Gasteiger partial charge in [-0.25, -0.2) is 0 Å². The van der Waals surface area contributed by atoms with E-state index in [4.69, 9.17) is 0 Å². The fourth-order valence-electron chi connectivity index (χ4n) is 3.22. The molecule has 0 bridgehead atoms. The Morgan fingerprint density at radius 3 is 2.61 bits per heavy atom. The van der Waals surface area contributed by atoms with Crippen LogP contribution in [0.1, 0.15) is 44.1 Å². The van der Waals surface area contributed by atoms with Crippen LogP contribution in [-0.2, 0) is 11.2 Å². The predicted molar refractivity (Wildman–Crippen MR) is 88.3 cm³/mol. The van der Waals surface area contributed by atoms with Gasteiger partial charge in [0.25, 0.3) is 0 Å². The number of phenolic OH excluding ortho intramolecular Hbond substituents is 2. The Bertz CT molecular complexity index is 512. The summed E-state index contributed by atoms with van der Waals surface area (Å²) >= 11 is 0. The fourth-order valence-corrected chi connectivity index (χ4v) is 3.22. The summed E-state index contributed by atoms with van der Waals surface area (Å²) in [5, 5.41) is 31.6. The van der Waals surface area contributed by atoms with Crippen LogP contribution in [-0.4, -0.2) is 34.4 Å². The molecule has 1 aromatic rings. The van der Waals surface area contributed by atoms with Crippen molar-refractivity contribution in [2.24, 2.45) is 11.8 Å². The second-order valence-electron chi connectivity index (χ2n) is 6.58. The molecule has 5 heteroatoms. The molecule has 1 atom stereocenters. The van der Waals surface area contributed by atoms with Crippen LogP contribution in [0.2, 0.25) is 0 Å². The molecule has 1 amide bonds. The normalized spacial score (nSPS) is 16.9. The third-order valence-corrected chi connectivity index (χ3v) is 4.62. The minimum Gasteiger partial charge on any atom is -0.508 e. The molecule has 1 aliphatic carbocycles. The fraction of sp³-hybridized carbons (Fsp3) is 0.611. The maximum absolute atomic E-state index is 12.1. The summed E-state index contributed by atoms with van der Waals surface area (Å²) in [5.74, 6) is 0.286. The van der Waals surface area contributed by atoms with Crippen LogP contribution in [0, 0.1) is 11.8 Å². The molecule has 0 aliphatic heterocycles. The Morgan fingerprint density at radius 2 is 1.96 bits per heavy atom. The zero-order valence-electron chi connectivity index (χ0n) is 13.5. The molecule has 0 saturated heterocycles. The zero-order valence-corrected chi connectivity index (χ0v) is 13.5. The van der Waals surface area contributed by atoms with Crippen molar-refractivity contribution in [1.29, 1.82) is 0 Å². The summed E-state index contributed by atoms with van der Waals surface area (Å²) in [5.41, 5.74) is 0.627. The summed E-state index contributed by atoms with van der Waals surface area (Å²) < 4.78 is 0. The van der Waals surface area contributed by atoms with Gasteiger partial charge in [-0.15, -0.1) is 0 Å². The van der Waals surface area contributed by atoms with Crippen LogP contribution in [0.3, 0.4) is 0 Å². The quantitative estimate of drug-likeness (QED) is 0.620. The molecule has 0 radical (unpaired) electrons. The van der Waals surface area contributed by atoms with E-state index in [9.17, 15) is 20.1 Å². The Morgan fingerprint density at radius 1 is 1.22 bits per heavy atom. The number of rotatable bonds is 7. The van der Waals surface area contributed by atoms with Crippen LogP contribution in [0.4, 0.5) is 0 Å². The molecule has 1 fully saturated rings. The third-order valence-electron chi connectivity index (χ3n) is 4.62. The molecule has 23 heavy (non-hydrogen) atoms. The number of benzene rings is 1. The van der Waals surface area contributed by atoms with Crippen molar-refractivity contribution in [3.05, 3.63) is 23.8 Å². The van der Waals surface area contributed by atoms with Gasteiger partial charge >= 0.3 is 0 Å². The average molecular weight is 321 g/mol. The molecule has 0 heterocycles. The lowest BCUT2D eigenvalue weighted by Gasteiger charge is -2.22. The monoisotopic (exact) mass is 321 g/mol. The topological polar surface area (TPSA) is 89.8 Å². The number of phenols is 2. The highest BCUT2D eigenvalue weighted by Crippen LogP contribution is 2.26. The van der Waals surface area contributed by atoms with Gasteiger partial charge in [-0.05, 0) is 42.7 Å². The second-order valence-corrected chi connectivity index (χ2v) is 6.58. The van der Waals surface area contributed by atoms with Gasteiger partial charge in [-0.3, -0.25) is 4.79 Å². The molecule has 1 unspecified atom stereocenters. The first-order valence-electron chi connectivity index (χ1n) is 8.47. The Kier molecular flexibility index (Phi) is 6.71. The van der Waals surface area contributed by atoms with E-state index < -0.39 is 0 Å². The van der Waals surface area contributed by atoms with Gasteiger partial charge < -0.3 is 20.6 Å². The first kappa shape index (κ1) is 17.6.